The fourth-order valence-electron chi connectivity index (χ4n) is 4.42. The second-order valence-corrected chi connectivity index (χ2v) is 12.2. The van der Waals surface area contributed by atoms with Gasteiger partial charge in [-0.05, 0) is 97.9 Å². The first-order valence-corrected chi connectivity index (χ1v) is 12.9. The number of aliphatic imine (C=N–C) groups is 2. The summed E-state index contributed by atoms with van der Waals surface area (Å²) in [4.78, 5) is 15.0. The highest BCUT2D eigenvalue weighted by Crippen LogP contribution is 2.33. The normalized spacial score (nSPS) is 13.3. The van der Waals surface area contributed by atoms with Gasteiger partial charge in [0.15, 0.2) is 0 Å². The van der Waals surface area contributed by atoms with Crippen LogP contribution in [0.5, 0.6) is 0 Å². The van der Waals surface area contributed by atoms with E-state index in [1.165, 1.54) is 33.4 Å². The second-order valence-electron chi connectivity index (χ2n) is 12.2. The Morgan fingerprint density at radius 3 is 1.17 bits per heavy atom. The predicted octanol–water partition coefficient (Wildman–Crippen LogP) is 9.19. The average Bonchev–Trinajstić information content (AvgIpc) is 2.77. The van der Waals surface area contributed by atoms with Gasteiger partial charge in [-0.2, -0.15) is 0 Å². The molecule has 0 unspecified atom stereocenters. The molecule has 0 aliphatic heterocycles. The number of benzene rings is 2. The van der Waals surface area contributed by atoms with E-state index in [1.807, 2.05) is 32.0 Å². The van der Waals surface area contributed by atoms with Crippen LogP contribution in [0.3, 0.4) is 0 Å². The summed E-state index contributed by atoms with van der Waals surface area (Å²) in [5, 5.41) is 0. The molecule has 0 spiro atoms. The topological polar surface area (TPSA) is 37.6 Å². The van der Waals surface area contributed by atoms with Crippen LogP contribution in [0.15, 0.2) is 52.4 Å². The Morgan fingerprint density at radius 1 is 0.583 bits per heavy atom. The SMILES string of the molecule is C/C(=N\c1c(C)cc(C(C)(C)C)cc1C)c1cccc(/C(C)=N/c2c(C)cc(C(C)(C)C)cc2C)n1. The lowest BCUT2D eigenvalue weighted by Gasteiger charge is -2.21. The molecular formula is C33H43N3. The van der Waals surface area contributed by atoms with E-state index in [9.17, 15) is 0 Å². The summed E-state index contributed by atoms with van der Waals surface area (Å²) in [6.07, 6.45) is 0. The molecule has 0 fully saturated rings. The summed E-state index contributed by atoms with van der Waals surface area (Å²) in [7, 11) is 0. The van der Waals surface area contributed by atoms with Gasteiger partial charge >= 0.3 is 0 Å². The van der Waals surface area contributed by atoms with Crippen molar-refractivity contribution >= 4 is 22.8 Å². The van der Waals surface area contributed by atoms with Crippen LogP contribution in [0.1, 0.15) is 100 Å². The van der Waals surface area contributed by atoms with Crippen molar-refractivity contribution in [1.29, 1.82) is 0 Å². The first-order chi connectivity index (χ1) is 16.6. The molecule has 0 saturated heterocycles. The summed E-state index contributed by atoms with van der Waals surface area (Å²) < 4.78 is 0. The standard InChI is InChI=1S/C33H43N3/c1-20-16-26(32(7,8)9)17-21(2)30(20)34-24(5)28-14-13-15-29(36-28)25(6)35-31-22(3)18-27(19-23(31)4)33(10,11)12/h13-19H,1-12H3/b34-24+,35-25+. The number of aryl methyl sites for hydroxylation is 4. The zero-order chi connectivity index (χ0) is 27.0. The van der Waals surface area contributed by atoms with Crippen molar-refractivity contribution in [2.24, 2.45) is 9.98 Å². The van der Waals surface area contributed by atoms with Crippen molar-refractivity contribution < 1.29 is 0 Å². The van der Waals surface area contributed by atoms with Gasteiger partial charge in [0.05, 0.1) is 34.2 Å². The average molecular weight is 482 g/mol. The lowest BCUT2D eigenvalue weighted by atomic mass is 9.85. The van der Waals surface area contributed by atoms with E-state index in [0.29, 0.717) is 0 Å². The van der Waals surface area contributed by atoms with E-state index < -0.39 is 0 Å². The molecule has 0 atom stereocenters. The highest BCUT2D eigenvalue weighted by Gasteiger charge is 2.18. The van der Waals surface area contributed by atoms with Crippen molar-refractivity contribution in [2.45, 2.75) is 93.9 Å². The maximum atomic E-state index is 5.01. The Bertz CT molecular complexity index is 1200. The van der Waals surface area contributed by atoms with Crippen LogP contribution in [0, 0.1) is 27.7 Å². The number of rotatable bonds is 4. The Labute approximate surface area is 218 Å². The van der Waals surface area contributed by atoms with Gasteiger partial charge in [0, 0.05) is 0 Å². The number of pyridine rings is 1. The van der Waals surface area contributed by atoms with Gasteiger partial charge < -0.3 is 0 Å². The van der Waals surface area contributed by atoms with E-state index in [1.54, 1.807) is 0 Å². The summed E-state index contributed by atoms with van der Waals surface area (Å²) in [6, 6.07) is 15.1. The van der Waals surface area contributed by atoms with E-state index in [2.05, 4.69) is 93.5 Å². The first kappa shape index (κ1) is 27.5. The molecule has 0 aliphatic carbocycles. The molecule has 0 aliphatic rings. The molecule has 3 heteroatoms. The van der Waals surface area contributed by atoms with Crippen molar-refractivity contribution in [3.8, 4) is 0 Å². The fourth-order valence-corrected chi connectivity index (χ4v) is 4.42. The van der Waals surface area contributed by atoms with Gasteiger partial charge in [0.25, 0.3) is 0 Å². The van der Waals surface area contributed by atoms with Crippen molar-refractivity contribution in [1.82, 2.24) is 4.98 Å². The third kappa shape index (κ3) is 6.19. The highest BCUT2D eigenvalue weighted by atomic mass is 14.8. The molecule has 3 rings (SSSR count). The van der Waals surface area contributed by atoms with Gasteiger partial charge in [0.1, 0.15) is 0 Å². The molecule has 0 radical (unpaired) electrons. The van der Waals surface area contributed by atoms with Gasteiger partial charge in [-0.25, -0.2) is 4.98 Å². The largest absolute Gasteiger partial charge is 0.251 e. The molecule has 0 N–H and O–H groups in total. The van der Waals surface area contributed by atoms with E-state index >= 15 is 0 Å². The molecule has 0 amide bonds. The fraction of sp³-hybridized carbons (Fsp3) is 0.424. The third-order valence-electron chi connectivity index (χ3n) is 6.76. The second kappa shape index (κ2) is 10.1. The highest BCUT2D eigenvalue weighted by molar-refractivity contribution is 6.02. The minimum Gasteiger partial charge on any atom is -0.251 e. The maximum Gasteiger partial charge on any atom is 0.0849 e. The Kier molecular flexibility index (Phi) is 7.74. The molecule has 3 nitrogen and oxygen atoms in total. The number of hydrogen-bond donors (Lipinski definition) is 0. The molecule has 2 aromatic carbocycles. The van der Waals surface area contributed by atoms with Crippen LogP contribution in [-0.4, -0.2) is 16.4 Å². The first-order valence-electron chi connectivity index (χ1n) is 12.9. The molecule has 190 valence electrons. The quantitative estimate of drug-likeness (QED) is 0.342. The minimum absolute atomic E-state index is 0.114. The van der Waals surface area contributed by atoms with Crippen LogP contribution < -0.4 is 0 Å². The van der Waals surface area contributed by atoms with Gasteiger partial charge in [-0.3, -0.25) is 9.98 Å². The molecule has 3 aromatic rings. The Balaban J connectivity index is 1.98. The molecule has 1 aromatic heterocycles. The predicted molar refractivity (Wildman–Crippen MR) is 157 cm³/mol. The monoisotopic (exact) mass is 481 g/mol. The number of aromatic nitrogens is 1. The summed E-state index contributed by atoms with van der Waals surface area (Å²) in [5.41, 5.74) is 13.3. The van der Waals surface area contributed by atoms with Crippen molar-refractivity contribution in [3.05, 3.63) is 87.2 Å². The van der Waals surface area contributed by atoms with Crippen LogP contribution in [0.25, 0.3) is 0 Å². The summed E-state index contributed by atoms with van der Waals surface area (Å²) in [6.45, 7) is 26.1. The van der Waals surface area contributed by atoms with Gasteiger partial charge in [-0.1, -0.05) is 71.9 Å². The minimum atomic E-state index is 0.114. The number of nitrogens with zero attached hydrogens (tertiary/aromatic N) is 3. The van der Waals surface area contributed by atoms with E-state index in [0.717, 1.165) is 34.2 Å². The summed E-state index contributed by atoms with van der Waals surface area (Å²) >= 11 is 0. The smallest absolute Gasteiger partial charge is 0.0849 e. The zero-order valence-corrected chi connectivity index (χ0v) is 24.4. The van der Waals surface area contributed by atoms with Crippen LogP contribution >= 0.6 is 0 Å². The molecule has 36 heavy (non-hydrogen) atoms. The molecular weight excluding hydrogens is 438 g/mol. The number of hydrogen-bond acceptors (Lipinski definition) is 3. The third-order valence-corrected chi connectivity index (χ3v) is 6.76. The van der Waals surface area contributed by atoms with Crippen LogP contribution in [0.2, 0.25) is 0 Å². The van der Waals surface area contributed by atoms with Crippen LogP contribution in [-0.2, 0) is 10.8 Å². The van der Waals surface area contributed by atoms with Crippen LogP contribution in [0.4, 0.5) is 11.4 Å². The zero-order valence-electron chi connectivity index (χ0n) is 24.4. The Morgan fingerprint density at radius 2 is 0.889 bits per heavy atom. The maximum absolute atomic E-state index is 5.01. The molecule has 0 bridgehead atoms. The lowest BCUT2D eigenvalue weighted by Crippen LogP contribution is -2.12. The van der Waals surface area contributed by atoms with Gasteiger partial charge in [-0.15, -0.1) is 0 Å². The summed E-state index contributed by atoms with van der Waals surface area (Å²) in [5.74, 6) is 0. The van der Waals surface area contributed by atoms with E-state index in [-0.39, 0.29) is 10.8 Å². The molecule has 0 saturated carbocycles. The lowest BCUT2D eigenvalue weighted by molar-refractivity contribution is 0.589. The van der Waals surface area contributed by atoms with Gasteiger partial charge in [0.2, 0.25) is 0 Å². The Hall–Kier alpha value is -3.07. The van der Waals surface area contributed by atoms with Crippen molar-refractivity contribution in [3.63, 3.8) is 0 Å². The van der Waals surface area contributed by atoms with E-state index in [4.69, 9.17) is 15.0 Å². The molecule has 1 heterocycles. The van der Waals surface area contributed by atoms with Crippen molar-refractivity contribution in [2.75, 3.05) is 0 Å².